The van der Waals surface area contributed by atoms with Gasteiger partial charge in [0.2, 0.25) is 0 Å². The van der Waals surface area contributed by atoms with Gasteiger partial charge in [-0.05, 0) is 48.2 Å². The fourth-order valence-electron chi connectivity index (χ4n) is 4.77. The Morgan fingerprint density at radius 3 is 2.45 bits per heavy atom. The number of hydrogen-bond acceptors (Lipinski definition) is 3. The molecule has 154 valence electrons. The minimum Gasteiger partial charge on any atom is -0.381 e. The predicted octanol–water partition coefficient (Wildman–Crippen LogP) is 4.06. The number of rotatable bonds is 4. The lowest BCUT2D eigenvalue weighted by Crippen LogP contribution is -2.61. The molecule has 0 spiro atoms. The van der Waals surface area contributed by atoms with E-state index >= 15 is 0 Å². The zero-order chi connectivity index (χ0) is 20.5. The number of carbonyl (C=O) groups is 1. The number of urea groups is 1. The van der Waals surface area contributed by atoms with Crippen molar-refractivity contribution in [2.45, 2.75) is 38.1 Å². The summed E-state index contributed by atoms with van der Waals surface area (Å²) in [7, 11) is 0. The number of nitrogens with zero attached hydrogens (tertiary/aromatic N) is 2. The zero-order valence-electron chi connectivity index (χ0n) is 17.0. The van der Waals surface area contributed by atoms with Crippen LogP contribution in [0.2, 0.25) is 0 Å². The number of ether oxygens (including phenoxy) is 1. The number of amides is 2. The number of carbonyl (C=O) groups excluding carboxylic acids is 1. The van der Waals surface area contributed by atoms with E-state index in [4.69, 9.17) is 4.74 Å². The first kappa shape index (κ1) is 19.8. The van der Waals surface area contributed by atoms with Gasteiger partial charge in [0.1, 0.15) is 5.82 Å². The first-order valence-corrected chi connectivity index (χ1v) is 10.2. The number of benzene rings is 1. The summed E-state index contributed by atoms with van der Waals surface area (Å²) in [4.78, 5) is 19.1. The maximum atomic E-state index is 13.4. The van der Waals surface area contributed by atoms with E-state index in [9.17, 15) is 9.18 Å². The van der Waals surface area contributed by atoms with E-state index in [1.807, 2.05) is 29.2 Å². The Morgan fingerprint density at radius 2 is 1.83 bits per heavy atom. The zero-order valence-corrected chi connectivity index (χ0v) is 17.0. The van der Waals surface area contributed by atoms with Crippen molar-refractivity contribution in [1.29, 1.82) is 0 Å². The van der Waals surface area contributed by atoms with E-state index in [2.05, 4.69) is 24.1 Å². The maximum absolute atomic E-state index is 13.4. The number of nitrogens with one attached hydrogen (secondary N) is 1. The molecule has 2 fully saturated rings. The SMILES string of the molecule is CC1(C)CN(C(=O)NCC2(c3ccc(F)cc3)CCOCC2)C1c1ccncc1. The third-order valence-corrected chi connectivity index (χ3v) is 6.40. The lowest BCUT2D eigenvalue weighted by molar-refractivity contribution is -0.0178. The summed E-state index contributed by atoms with van der Waals surface area (Å²) in [5.74, 6) is -0.247. The second kappa shape index (κ2) is 7.75. The van der Waals surface area contributed by atoms with E-state index in [-0.39, 0.29) is 28.7 Å². The summed E-state index contributed by atoms with van der Waals surface area (Å²) in [5, 5.41) is 3.17. The van der Waals surface area contributed by atoms with E-state index < -0.39 is 0 Å². The summed E-state index contributed by atoms with van der Waals surface area (Å²) in [6.07, 6.45) is 5.15. The van der Waals surface area contributed by atoms with Gasteiger partial charge in [-0.25, -0.2) is 9.18 Å². The van der Waals surface area contributed by atoms with Gasteiger partial charge in [-0.2, -0.15) is 0 Å². The summed E-state index contributed by atoms with van der Waals surface area (Å²) < 4.78 is 19.0. The smallest absolute Gasteiger partial charge is 0.317 e. The van der Waals surface area contributed by atoms with Crippen molar-refractivity contribution in [2.24, 2.45) is 5.41 Å². The van der Waals surface area contributed by atoms with E-state index in [0.29, 0.717) is 26.3 Å². The largest absolute Gasteiger partial charge is 0.381 e. The fraction of sp³-hybridized carbons (Fsp3) is 0.478. The molecule has 2 amide bonds. The van der Waals surface area contributed by atoms with Gasteiger partial charge >= 0.3 is 6.03 Å². The van der Waals surface area contributed by atoms with Crippen molar-refractivity contribution in [3.63, 3.8) is 0 Å². The van der Waals surface area contributed by atoms with Crippen LogP contribution < -0.4 is 5.32 Å². The Bertz CT molecular complexity index is 848. The molecule has 2 aromatic rings. The van der Waals surface area contributed by atoms with Gasteiger partial charge in [0.05, 0.1) is 6.04 Å². The molecule has 4 rings (SSSR count). The van der Waals surface area contributed by atoms with E-state index in [1.54, 1.807) is 12.4 Å². The summed E-state index contributed by atoms with van der Waals surface area (Å²) >= 11 is 0. The molecule has 2 saturated heterocycles. The monoisotopic (exact) mass is 397 g/mol. The average Bonchev–Trinajstić information content (AvgIpc) is 2.72. The topological polar surface area (TPSA) is 54.5 Å². The summed E-state index contributed by atoms with van der Waals surface area (Å²) in [5.41, 5.74) is 1.95. The Morgan fingerprint density at radius 1 is 1.17 bits per heavy atom. The molecule has 1 aromatic heterocycles. The molecule has 0 radical (unpaired) electrons. The Balaban J connectivity index is 1.49. The molecule has 0 bridgehead atoms. The first-order valence-electron chi connectivity index (χ1n) is 10.2. The Labute approximate surface area is 171 Å². The van der Waals surface area contributed by atoms with Crippen LogP contribution in [0.5, 0.6) is 0 Å². The fourth-order valence-corrected chi connectivity index (χ4v) is 4.77. The van der Waals surface area contributed by atoms with Crippen LogP contribution in [0.1, 0.15) is 43.9 Å². The molecule has 0 aliphatic carbocycles. The lowest BCUT2D eigenvalue weighted by Gasteiger charge is -2.54. The number of likely N-dealkylation sites (tertiary alicyclic amines) is 1. The van der Waals surface area contributed by atoms with Crippen LogP contribution in [0.25, 0.3) is 0 Å². The lowest BCUT2D eigenvalue weighted by atomic mass is 9.72. The van der Waals surface area contributed by atoms with Gasteiger partial charge in [-0.15, -0.1) is 0 Å². The molecule has 2 aliphatic rings. The van der Waals surface area contributed by atoms with Crippen LogP contribution >= 0.6 is 0 Å². The van der Waals surface area contributed by atoms with Crippen molar-refractivity contribution in [3.8, 4) is 0 Å². The minimum atomic E-state index is -0.247. The number of pyridine rings is 1. The molecule has 1 aromatic carbocycles. The molecule has 0 saturated carbocycles. The highest BCUT2D eigenvalue weighted by molar-refractivity contribution is 5.76. The molecular weight excluding hydrogens is 369 g/mol. The standard InChI is InChI=1S/C23H28FN3O2/c1-22(2)16-27(20(22)17-7-11-25-12-8-17)21(28)26-15-23(9-13-29-14-10-23)18-3-5-19(24)6-4-18/h3-8,11-12,20H,9-10,13-16H2,1-2H3,(H,26,28). The highest BCUT2D eigenvalue weighted by Crippen LogP contribution is 2.48. The van der Waals surface area contributed by atoms with Gasteiger partial charge in [-0.3, -0.25) is 4.98 Å². The van der Waals surface area contributed by atoms with Gasteiger partial charge < -0.3 is 15.0 Å². The molecule has 1 unspecified atom stereocenters. The van der Waals surface area contributed by atoms with Crippen molar-refractivity contribution in [1.82, 2.24) is 15.2 Å². The van der Waals surface area contributed by atoms with Crippen LogP contribution in [0.15, 0.2) is 48.8 Å². The average molecular weight is 397 g/mol. The number of hydrogen-bond donors (Lipinski definition) is 1. The van der Waals surface area contributed by atoms with Crippen LogP contribution in [-0.2, 0) is 10.2 Å². The second-order valence-corrected chi connectivity index (χ2v) is 8.86. The van der Waals surface area contributed by atoms with Crippen molar-refractivity contribution in [3.05, 3.63) is 65.7 Å². The van der Waals surface area contributed by atoms with Gasteiger partial charge in [0.25, 0.3) is 0 Å². The maximum Gasteiger partial charge on any atom is 0.317 e. The first-order chi connectivity index (χ1) is 13.9. The molecule has 5 nitrogen and oxygen atoms in total. The summed E-state index contributed by atoms with van der Waals surface area (Å²) in [6.45, 7) is 6.87. The molecule has 29 heavy (non-hydrogen) atoms. The molecule has 1 N–H and O–H groups in total. The normalized spacial score (nSPS) is 22.6. The van der Waals surface area contributed by atoms with Crippen LogP contribution in [0.4, 0.5) is 9.18 Å². The summed E-state index contributed by atoms with van der Waals surface area (Å²) in [6, 6.07) is 10.6. The Kier molecular flexibility index (Phi) is 5.30. The van der Waals surface area contributed by atoms with Crippen molar-refractivity contribution < 1.29 is 13.9 Å². The Hall–Kier alpha value is -2.47. The molecule has 6 heteroatoms. The van der Waals surface area contributed by atoms with Gasteiger partial charge in [-0.1, -0.05) is 26.0 Å². The van der Waals surface area contributed by atoms with E-state index in [1.165, 1.54) is 12.1 Å². The molecule has 2 aliphatic heterocycles. The number of halogens is 1. The number of aromatic nitrogens is 1. The second-order valence-electron chi connectivity index (χ2n) is 8.86. The highest BCUT2D eigenvalue weighted by Gasteiger charge is 2.49. The van der Waals surface area contributed by atoms with Crippen LogP contribution in [0.3, 0.4) is 0 Å². The quantitative estimate of drug-likeness (QED) is 0.846. The third kappa shape index (κ3) is 3.86. The highest BCUT2D eigenvalue weighted by atomic mass is 19.1. The molecule has 3 heterocycles. The van der Waals surface area contributed by atoms with Crippen LogP contribution in [-0.4, -0.2) is 42.2 Å². The van der Waals surface area contributed by atoms with E-state index in [0.717, 1.165) is 24.0 Å². The van der Waals surface area contributed by atoms with Crippen molar-refractivity contribution >= 4 is 6.03 Å². The molecular formula is C23H28FN3O2. The van der Waals surface area contributed by atoms with Crippen LogP contribution in [0, 0.1) is 11.2 Å². The minimum absolute atomic E-state index is 0.0199. The molecule has 1 atom stereocenters. The third-order valence-electron chi connectivity index (χ3n) is 6.40. The van der Waals surface area contributed by atoms with Gasteiger partial charge in [0, 0.05) is 49.5 Å². The van der Waals surface area contributed by atoms with Gasteiger partial charge in [0.15, 0.2) is 0 Å². The predicted molar refractivity (Wildman–Crippen MR) is 109 cm³/mol. The van der Waals surface area contributed by atoms with Crippen molar-refractivity contribution in [2.75, 3.05) is 26.3 Å².